The molecule has 0 aliphatic carbocycles. The average molecular weight is 269 g/mol. The van der Waals surface area contributed by atoms with Gasteiger partial charge in [-0.05, 0) is 24.1 Å². The van der Waals surface area contributed by atoms with Crippen LogP contribution in [-0.4, -0.2) is 44.6 Å². The summed E-state index contributed by atoms with van der Waals surface area (Å²) in [6.07, 6.45) is -1.03. The normalized spacial score (nSPS) is 13.5. The Morgan fingerprint density at radius 3 is 2.42 bits per heavy atom. The Kier molecular flexibility index (Phi) is 5.59. The van der Waals surface area contributed by atoms with E-state index in [2.05, 4.69) is 4.74 Å². The first-order chi connectivity index (χ1) is 9.03. The largest absolute Gasteiger partial charge is 0.493 e. The maximum Gasteiger partial charge on any atom is 0.336 e. The van der Waals surface area contributed by atoms with Crippen LogP contribution in [0.1, 0.15) is 5.56 Å². The Morgan fingerprint density at radius 1 is 1.26 bits per heavy atom. The van der Waals surface area contributed by atoms with Gasteiger partial charge in [-0.3, -0.25) is 0 Å². The van der Waals surface area contributed by atoms with E-state index in [1.165, 1.54) is 14.2 Å². The molecule has 1 rings (SSSR count). The number of nitrogens with two attached hydrogens (primary N) is 1. The molecule has 0 saturated carbocycles. The Balaban J connectivity index is 2.79. The van der Waals surface area contributed by atoms with Crippen molar-refractivity contribution in [2.45, 2.75) is 18.6 Å². The number of hydrogen-bond acceptors (Lipinski definition) is 6. The van der Waals surface area contributed by atoms with Gasteiger partial charge in [0.2, 0.25) is 0 Å². The molecule has 3 N–H and O–H groups in total. The van der Waals surface area contributed by atoms with E-state index in [9.17, 15) is 9.90 Å². The number of esters is 1. The summed E-state index contributed by atoms with van der Waals surface area (Å²) < 4.78 is 14.7. The molecule has 0 bridgehead atoms. The lowest BCUT2D eigenvalue weighted by atomic mass is 10.0. The summed E-state index contributed by atoms with van der Waals surface area (Å²) in [4.78, 5) is 11.2. The van der Waals surface area contributed by atoms with Crippen molar-refractivity contribution in [1.82, 2.24) is 0 Å². The fraction of sp³-hybridized carbons (Fsp3) is 0.462. The second kappa shape index (κ2) is 6.96. The lowest BCUT2D eigenvalue weighted by Crippen LogP contribution is -2.42. The first-order valence-corrected chi connectivity index (χ1v) is 5.75. The van der Waals surface area contributed by atoms with Crippen molar-refractivity contribution < 1.29 is 24.1 Å². The molecule has 0 aliphatic rings. The van der Waals surface area contributed by atoms with E-state index in [0.29, 0.717) is 17.9 Å². The van der Waals surface area contributed by atoms with Crippen molar-refractivity contribution in [2.24, 2.45) is 5.73 Å². The van der Waals surface area contributed by atoms with Crippen LogP contribution in [0.4, 0.5) is 0 Å². The molecule has 2 atom stereocenters. The predicted octanol–water partition coefficient (Wildman–Crippen LogP) is 0.108. The van der Waals surface area contributed by atoms with Gasteiger partial charge >= 0.3 is 5.97 Å². The monoisotopic (exact) mass is 269 g/mol. The zero-order chi connectivity index (χ0) is 14.4. The molecule has 0 aliphatic heterocycles. The highest BCUT2D eigenvalue weighted by atomic mass is 16.5. The van der Waals surface area contributed by atoms with Gasteiger partial charge in [0.15, 0.2) is 17.6 Å². The van der Waals surface area contributed by atoms with E-state index in [1.807, 2.05) is 0 Å². The van der Waals surface area contributed by atoms with Crippen molar-refractivity contribution in [1.29, 1.82) is 0 Å². The summed E-state index contributed by atoms with van der Waals surface area (Å²) in [5, 5.41) is 9.62. The van der Waals surface area contributed by atoms with Crippen molar-refractivity contribution in [3.8, 4) is 11.5 Å². The summed E-state index contributed by atoms with van der Waals surface area (Å²) >= 11 is 0. The van der Waals surface area contributed by atoms with Gasteiger partial charge in [-0.25, -0.2) is 4.79 Å². The molecule has 19 heavy (non-hydrogen) atoms. The van der Waals surface area contributed by atoms with Gasteiger partial charge in [0.25, 0.3) is 0 Å². The van der Waals surface area contributed by atoms with Gasteiger partial charge in [-0.1, -0.05) is 6.07 Å². The third kappa shape index (κ3) is 3.84. The smallest absolute Gasteiger partial charge is 0.336 e. The molecule has 6 heteroatoms. The molecule has 1 aromatic carbocycles. The minimum absolute atomic E-state index is 0.316. The summed E-state index contributed by atoms with van der Waals surface area (Å²) in [5.74, 6) is 0.432. The van der Waals surface area contributed by atoms with Crippen molar-refractivity contribution in [3.05, 3.63) is 23.8 Å². The maximum absolute atomic E-state index is 11.2. The van der Waals surface area contributed by atoms with Crippen LogP contribution in [0.15, 0.2) is 18.2 Å². The molecule has 0 fully saturated rings. The van der Waals surface area contributed by atoms with Crippen LogP contribution in [-0.2, 0) is 16.0 Å². The Hall–Kier alpha value is -1.79. The molecule has 0 saturated heterocycles. The average Bonchev–Trinajstić information content (AvgIpc) is 2.45. The lowest BCUT2D eigenvalue weighted by Gasteiger charge is -2.17. The fourth-order valence-corrected chi connectivity index (χ4v) is 1.69. The highest BCUT2D eigenvalue weighted by Gasteiger charge is 2.24. The highest BCUT2D eigenvalue weighted by molar-refractivity contribution is 5.75. The molecular formula is C13H19NO5. The standard InChI is InChI=1S/C13H19NO5/c1-17-10-5-4-8(7-11(10)18-2)6-9(14)12(15)13(16)19-3/h4-5,7,9,12,15H,6,14H2,1-3H3. The first-order valence-electron chi connectivity index (χ1n) is 5.75. The topological polar surface area (TPSA) is 91.0 Å². The van der Waals surface area contributed by atoms with Gasteiger partial charge < -0.3 is 25.1 Å². The van der Waals surface area contributed by atoms with Gasteiger partial charge in [-0.2, -0.15) is 0 Å². The van der Waals surface area contributed by atoms with Crippen LogP contribution in [0, 0.1) is 0 Å². The van der Waals surface area contributed by atoms with Gasteiger partial charge in [0.05, 0.1) is 21.3 Å². The van der Waals surface area contributed by atoms with Crippen LogP contribution < -0.4 is 15.2 Å². The third-order valence-electron chi connectivity index (χ3n) is 2.77. The maximum atomic E-state index is 11.2. The summed E-state index contributed by atoms with van der Waals surface area (Å²) in [6.45, 7) is 0. The zero-order valence-electron chi connectivity index (χ0n) is 11.3. The molecular weight excluding hydrogens is 250 g/mol. The summed E-state index contributed by atoms with van der Waals surface area (Å²) in [7, 11) is 4.28. The highest BCUT2D eigenvalue weighted by Crippen LogP contribution is 2.28. The van der Waals surface area contributed by atoms with Crippen LogP contribution in [0.25, 0.3) is 0 Å². The molecule has 0 aromatic heterocycles. The molecule has 2 unspecified atom stereocenters. The number of rotatable bonds is 6. The van der Waals surface area contributed by atoms with Gasteiger partial charge in [0.1, 0.15) is 0 Å². The number of carbonyl (C=O) groups excluding carboxylic acids is 1. The van der Waals surface area contributed by atoms with Crippen LogP contribution in [0.5, 0.6) is 11.5 Å². The minimum Gasteiger partial charge on any atom is -0.493 e. The molecule has 1 aromatic rings. The number of benzene rings is 1. The van der Waals surface area contributed by atoms with E-state index in [4.69, 9.17) is 15.2 Å². The molecule has 106 valence electrons. The Morgan fingerprint density at radius 2 is 1.89 bits per heavy atom. The molecule has 0 radical (unpaired) electrons. The summed E-state index contributed by atoms with van der Waals surface area (Å²) in [6, 6.07) is 4.55. The number of ether oxygens (including phenoxy) is 3. The SMILES string of the molecule is COC(=O)C(O)C(N)Cc1ccc(OC)c(OC)c1. The third-order valence-corrected chi connectivity index (χ3v) is 2.77. The number of aliphatic hydroxyl groups excluding tert-OH is 1. The lowest BCUT2D eigenvalue weighted by molar-refractivity contribution is -0.151. The molecule has 0 spiro atoms. The second-order valence-corrected chi connectivity index (χ2v) is 4.03. The fourth-order valence-electron chi connectivity index (χ4n) is 1.69. The van der Waals surface area contributed by atoms with Gasteiger partial charge in [0, 0.05) is 6.04 Å². The predicted molar refractivity (Wildman–Crippen MR) is 69.2 cm³/mol. The number of hydrogen-bond donors (Lipinski definition) is 2. The van der Waals surface area contributed by atoms with E-state index >= 15 is 0 Å². The van der Waals surface area contributed by atoms with E-state index in [0.717, 1.165) is 5.56 Å². The van der Waals surface area contributed by atoms with Gasteiger partial charge in [-0.15, -0.1) is 0 Å². The molecule has 0 heterocycles. The second-order valence-electron chi connectivity index (χ2n) is 4.03. The van der Waals surface area contributed by atoms with Crippen molar-refractivity contribution >= 4 is 5.97 Å². The number of methoxy groups -OCH3 is 3. The molecule has 0 amide bonds. The number of carbonyl (C=O) groups is 1. The number of aliphatic hydroxyl groups is 1. The van der Waals surface area contributed by atoms with E-state index < -0.39 is 18.1 Å². The summed E-state index contributed by atoms with van der Waals surface area (Å²) in [5.41, 5.74) is 6.59. The van der Waals surface area contributed by atoms with Crippen LogP contribution in [0.3, 0.4) is 0 Å². The van der Waals surface area contributed by atoms with Crippen LogP contribution >= 0.6 is 0 Å². The zero-order valence-corrected chi connectivity index (χ0v) is 11.3. The molecule has 6 nitrogen and oxygen atoms in total. The van der Waals surface area contributed by atoms with Crippen molar-refractivity contribution in [2.75, 3.05) is 21.3 Å². The Bertz CT molecular complexity index is 435. The van der Waals surface area contributed by atoms with Crippen molar-refractivity contribution in [3.63, 3.8) is 0 Å². The van der Waals surface area contributed by atoms with E-state index in [-0.39, 0.29) is 0 Å². The first kappa shape index (κ1) is 15.3. The quantitative estimate of drug-likeness (QED) is 0.712. The van der Waals surface area contributed by atoms with Crippen LogP contribution in [0.2, 0.25) is 0 Å². The van der Waals surface area contributed by atoms with E-state index in [1.54, 1.807) is 25.3 Å². The Labute approximate surface area is 112 Å². The minimum atomic E-state index is -1.35.